The Labute approximate surface area is 112 Å². The van der Waals surface area contributed by atoms with Gasteiger partial charge in [0.25, 0.3) is 0 Å². The Bertz CT molecular complexity index is 303. The van der Waals surface area contributed by atoms with Crippen molar-refractivity contribution < 1.29 is 9.84 Å². The molecule has 0 unspecified atom stereocenters. The normalized spacial score (nSPS) is 39.5. The van der Waals surface area contributed by atoms with Gasteiger partial charge in [-0.3, -0.25) is 0 Å². The Morgan fingerprint density at radius 3 is 2.44 bits per heavy atom. The predicted molar refractivity (Wildman–Crippen MR) is 73.5 cm³/mol. The van der Waals surface area contributed by atoms with Crippen LogP contribution >= 0.6 is 0 Å². The molecule has 0 spiro atoms. The molecular weight excluding hydrogens is 226 g/mol. The Balaban J connectivity index is 1.89. The van der Waals surface area contributed by atoms with E-state index in [4.69, 9.17) is 4.74 Å². The predicted octanol–water partition coefficient (Wildman–Crippen LogP) is 2.14. The molecule has 2 aliphatic carbocycles. The first-order valence-electron chi connectivity index (χ1n) is 7.22. The van der Waals surface area contributed by atoms with Crippen LogP contribution < -0.4 is 0 Å². The number of hydrogen-bond acceptors (Lipinski definition) is 3. The standard InChI is InChI=1S/C15H29NO2/c1-14(2)11-6-7-15(14,3)13(8-11)18-10-12(17)9-16(4)5/h11-13,17H,6-10H2,1-5H3/t11-,12+,13+,15+/m0/s1. The van der Waals surface area contributed by atoms with Crippen molar-refractivity contribution in [2.24, 2.45) is 16.7 Å². The van der Waals surface area contributed by atoms with Crippen LogP contribution in [-0.4, -0.2) is 49.5 Å². The highest BCUT2D eigenvalue weighted by Crippen LogP contribution is 2.66. The van der Waals surface area contributed by atoms with Crippen molar-refractivity contribution in [2.45, 2.75) is 52.2 Å². The highest BCUT2D eigenvalue weighted by Gasteiger charge is 2.61. The molecule has 3 nitrogen and oxygen atoms in total. The number of hydrogen-bond donors (Lipinski definition) is 1. The second-order valence-corrected chi connectivity index (χ2v) is 7.35. The van der Waals surface area contributed by atoms with E-state index in [0.717, 1.165) is 5.92 Å². The van der Waals surface area contributed by atoms with E-state index in [1.165, 1.54) is 19.3 Å². The van der Waals surface area contributed by atoms with Crippen LogP contribution in [0.2, 0.25) is 0 Å². The Kier molecular flexibility index (Phi) is 3.79. The molecule has 4 atom stereocenters. The van der Waals surface area contributed by atoms with Crippen LogP contribution in [0.3, 0.4) is 0 Å². The van der Waals surface area contributed by atoms with Gasteiger partial charge in [0.2, 0.25) is 0 Å². The number of likely N-dealkylation sites (N-methyl/N-ethyl adjacent to an activating group) is 1. The molecule has 2 rings (SSSR count). The monoisotopic (exact) mass is 255 g/mol. The van der Waals surface area contributed by atoms with E-state index in [0.29, 0.717) is 30.1 Å². The van der Waals surface area contributed by atoms with Gasteiger partial charge < -0.3 is 14.7 Å². The van der Waals surface area contributed by atoms with Gasteiger partial charge in [0.15, 0.2) is 0 Å². The zero-order chi connectivity index (χ0) is 13.6. The van der Waals surface area contributed by atoms with Gasteiger partial charge in [-0.2, -0.15) is 0 Å². The summed E-state index contributed by atoms with van der Waals surface area (Å²) in [6.07, 6.45) is 3.77. The van der Waals surface area contributed by atoms with Gasteiger partial charge in [-0.1, -0.05) is 20.8 Å². The second-order valence-electron chi connectivity index (χ2n) is 7.35. The third kappa shape index (κ3) is 2.21. The Hall–Kier alpha value is -0.120. The first-order chi connectivity index (χ1) is 8.27. The van der Waals surface area contributed by atoms with E-state index in [1.54, 1.807) is 0 Å². The maximum absolute atomic E-state index is 9.90. The van der Waals surface area contributed by atoms with Gasteiger partial charge in [-0.15, -0.1) is 0 Å². The van der Waals surface area contributed by atoms with Gasteiger partial charge in [0, 0.05) is 6.54 Å². The van der Waals surface area contributed by atoms with Crippen molar-refractivity contribution in [1.29, 1.82) is 0 Å². The molecule has 0 aliphatic heterocycles. The number of ether oxygens (including phenoxy) is 1. The SMILES string of the molecule is CN(C)C[C@@H](O)CO[C@@H]1C[C@@H]2CC[C@@]1(C)C2(C)C. The fourth-order valence-electron chi connectivity index (χ4n) is 4.08. The number of aliphatic hydroxyl groups excluding tert-OH is 1. The summed E-state index contributed by atoms with van der Waals surface area (Å²) in [4.78, 5) is 2.00. The summed E-state index contributed by atoms with van der Waals surface area (Å²) in [6, 6.07) is 0. The molecule has 0 saturated heterocycles. The number of aliphatic hydroxyl groups is 1. The minimum atomic E-state index is -0.370. The van der Waals surface area contributed by atoms with Gasteiger partial charge in [0.1, 0.15) is 0 Å². The summed E-state index contributed by atoms with van der Waals surface area (Å²) in [5.41, 5.74) is 0.694. The summed E-state index contributed by atoms with van der Waals surface area (Å²) < 4.78 is 6.06. The molecule has 2 saturated carbocycles. The molecule has 0 aromatic rings. The minimum absolute atomic E-state index is 0.301. The summed E-state index contributed by atoms with van der Waals surface area (Å²) in [6.45, 7) is 8.31. The summed E-state index contributed by atoms with van der Waals surface area (Å²) in [7, 11) is 3.95. The fourth-order valence-corrected chi connectivity index (χ4v) is 4.08. The summed E-state index contributed by atoms with van der Waals surface area (Å²) in [5, 5.41) is 9.90. The lowest BCUT2D eigenvalue weighted by molar-refractivity contribution is -0.0776. The fraction of sp³-hybridized carbons (Fsp3) is 1.00. The van der Waals surface area contributed by atoms with Crippen molar-refractivity contribution in [3.05, 3.63) is 0 Å². The Morgan fingerprint density at radius 1 is 1.33 bits per heavy atom. The zero-order valence-corrected chi connectivity index (χ0v) is 12.6. The largest absolute Gasteiger partial charge is 0.389 e. The van der Waals surface area contributed by atoms with Crippen LogP contribution in [0.5, 0.6) is 0 Å². The third-order valence-electron chi connectivity index (χ3n) is 5.78. The molecule has 0 aromatic carbocycles. The molecule has 1 N–H and O–H groups in total. The van der Waals surface area contributed by atoms with E-state index in [2.05, 4.69) is 20.8 Å². The van der Waals surface area contributed by atoms with Crippen molar-refractivity contribution >= 4 is 0 Å². The topological polar surface area (TPSA) is 32.7 Å². The number of rotatable bonds is 5. The van der Waals surface area contributed by atoms with Gasteiger partial charge in [-0.25, -0.2) is 0 Å². The molecule has 2 aliphatic rings. The van der Waals surface area contributed by atoms with E-state index in [1.807, 2.05) is 19.0 Å². The van der Waals surface area contributed by atoms with Crippen LogP contribution in [0.1, 0.15) is 40.0 Å². The lowest BCUT2D eigenvalue weighted by atomic mass is 9.70. The van der Waals surface area contributed by atoms with Crippen molar-refractivity contribution in [2.75, 3.05) is 27.2 Å². The van der Waals surface area contributed by atoms with E-state index < -0.39 is 0 Å². The minimum Gasteiger partial charge on any atom is -0.389 e. The van der Waals surface area contributed by atoms with E-state index >= 15 is 0 Å². The second kappa shape index (κ2) is 4.77. The maximum atomic E-state index is 9.90. The smallest absolute Gasteiger partial charge is 0.0900 e. The van der Waals surface area contributed by atoms with Gasteiger partial charge in [0.05, 0.1) is 18.8 Å². The molecular formula is C15H29NO2. The average Bonchev–Trinajstić information content (AvgIpc) is 2.57. The highest BCUT2D eigenvalue weighted by atomic mass is 16.5. The van der Waals surface area contributed by atoms with Gasteiger partial charge >= 0.3 is 0 Å². The Morgan fingerprint density at radius 2 is 2.00 bits per heavy atom. The van der Waals surface area contributed by atoms with Gasteiger partial charge in [-0.05, 0) is 50.1 Å². The molecule has 2 fully saturated rings. The molecule has 2 bridgehead atoms. The van der Waals surface area contributed by atoms with Crippen LogP contribution in [0.25, 0.3) is 0 Å². The quantitative estimate of drug-likeness (QED) is 0.817. The van der Waals surface area contributed by atoms with Crippen molar-refractivity contribution in [3.63, 3.8) is 0 Å². The highest BCUT2D eigenvalue weighted by molar-refractivity contribution is 5.11. The maximum Gasteiger partial charge on any atom is 0.0900 e. The molecule has 106 valence electrons. The molecule has 0 amide bonds. The van der Waals surface area contributed by atoms with Crippen LogP contribution in [0.4, 0.5) is 0 Å². The van der Waals surface area contributed by atoms with Crippen LogP contribution in [-0.2, 0) is 4.74 Å². The number of fused-ring (bicyclic) bond motifs is 2. The molecule has 0 aromatic heterocycles. The molecule has 3 heteroatoms. The first-order valence-corrected chi connectivity index (χ1v) is 7.22. The zero-order valence-electron chi connectivity index (χ0n) is 12.6. The van der Waals surface area contributed by atoms with Crippen LogP contribution in [0, 0.1) is 16.7 Å². The first kappa shape index (κ1) is 14.3. The molecule has 0 radical (unpaired) electrons. The van der Waals surface area contributed by atoms with E-state index in [-0.39, 0.29) is 6.10 Å². The summed E-state index contributed by atoms with van der Waals surface area (Å²) >= 11 is 0. The van der Waals surface area contributed by atoms with E-state index in [9.17, 15) is 5.11 Å². The average molecular weight is 255 g/mol. The third-order valence-corrected chi connectivity index (χ3v) is 5.78. The molecule has 0 heterocycles. The van der Waals surface area contributed by atoms with Crippen LogP contribution in [0.15, 0.2) is 0 Å². The molecule has 18 heavy (non-hydrogen) atoms. The number of nitrogens with zero attached hydrogens (tertiary/aromatic N) is 1. The lowest BCUT2D eigenvalue weighted by Crippen LogP contribution is -2.39. The lowest BCUT2D eigenvalue weighted by Gasteiger charge is -2.39. The van der Waals surface area contributed by atoms with Crippen molar-refractivity contribution in [1.82, 2.24) is 4.90 Å². The summed E-state index contributed by atoms with van der Waals surface area (Å²) in [5.74, 6) is 0.804. The van der Waals surface area contributed by atoms with Crippen molar-refractivity contribution in [3.8, 4) is 0 Å².